The van der Waals surface area contributed by atoms with Crippen LogP contribution in [-0.2, 0) is 4.79 Å². The summed E-state index contributed by atoms with van der Waals surface area (Å²) in [5, 5.41) is 6.46. The van der Waals surface area contributed by atoms with Crippen molar-refractivity contribution in [3.8, 4) is 0 Å². The molecule has 2 aliphatic rings. The van der Waals surface area contributed by atoms with Gasteiger partial charge in [0.05, 0.1) is 6.04 Å². The molecule has 1 saturated carbocycles. The van der Waals surface area contributed by atoms with Crippen LogP contribution < -0.4 is 10.6 Å². The largest absolute Gasteiger partial charge is 0.352 e. The highest BCUT2D eigenvalue weighted by molar-refractivity contribution is 5.85. The van der Waals surface area contributed by atoms with E-state index in [1.165, 1.54) is 32.1 Å². The topological polar surface area (TPSA) is 41.1 Å². The lowest BCUT2D eigenvalue weighted by atomic mass is 9.84. The molecule has 4 heteroatoms. The van der Waals surface area contributed by atoms with Gasteiger partial charge in [0, 0.05) is 6.04 Å². The predicted octanol–water partition coefficient (Wildman–Crippen LogP) is 2.25. The number of amides is 1. The molecule has 1 amide bonds. The molecule has 17 heavy (non-hydrogen) atoms. The number of hydrogen-bond donors (Lipinski definition) is 2. The standard InChI is InChI=1S/C13H24N2O.ClH/c1-2-10-5-7-11(8-6-10)15-13(16)12-4-3-9-14-12;/h10-12,14H,2-9H2,1H3,(H,15,16);1H/t10?,11?,12-;/m0./s1. The number of halogens is 1. The molecule has 0 aromatic rings. The molecular formula is C13H25ClN2O. The highest BCUT2D eigenvalue weighted by atomic mass is 35.5. The Morgan fingerprint density at radius 1 is 1.24 bits per heavy atom. The first-order valence-corrected chi connectivity index (χ1v) is 6.83. The van der Waals surface area contributed by atoms with E-state index in [1.54, 1.807) is 0 Å². The van der Waals surface area contributed by atoms with E-state index >= 15 is 0 Å². The molecule has 1 atom stereocenters. The van der Waals surface area contributed by atoms with Crippen LogP contribution in [0, 0.1) is 5.92 Å². The lowest BCUT2D eigenvalue weighted by Crippen LogP contribution is -2.46. The van der Waals surface area contributed by atoms with Crippen LogP contribution in [0.25, 0.3) is 0 Å². The maximum Gasteiger partial charge on any atom is 0.237 e. The van der Waals surface area contributed by atoms with Gasteiger partial charge in [0.2, 0.25) is 5.91 Å². The van der Waals surface area contributed by atoms with Crippen molar-refractivity contribution in [2.45, 2.75) is 64.0 Å². The Hall–Kier alpha value is -0.280. The van der Waals surface area contributed by atoms with Gasteiger partial charge in [-0.1, -0.05) is 13.3 Å². The van der Waals surface area contributed by atoms with Gasteiger partial charge in [-0.05, 0) is 51.0 Å². The maximum atomic E-state index is 11.9. The van der Waals surface area contributed by atoms with Crippen molar-refractivity contribution in [3.63, 3.8) is 0 Å². The monoisotopic (exact) mass is 260 g/mol. The molecule has 0 bridgehead atoms. The highest BCUT2D eigenvalue weighted by Crippen LogP contribution is 2.26. The van der Waals surface area contributed by atoms with Crippen LogP contribution in [0.15, 0.2) is 0 Å². The molecular weight excluding hydrogens is 236 g/mol. The van der Waals surface area contributed by atoms with E-state index < -0.39 is 0 Å². The Balaban J connectivity index is 0.00000144. The molecule has 1 aliphatic carbocycles. The highest BCUT2D eigenvalue weighted by Gasteiger charge is 2.26. The zero-order chi connectivity index (χ0) is 11.4. The summed E-state index contributed by atoms with van der Waals surface area (Å²) in [4.78, 5) is 11.9. The fourth-order valence-electron chi connectivity index (χ4n) is 2.93. The Labute approximate surface area is 111 Å². The van der Waals surface area contributed by atoms with E-state index in [-0.39, 0.29) is 24.4 Å². The van der Waals surface area contributed by atoms with Crippen LogP contribution in [0.4, 0.5) is 0 Å². The van der Waals surface area contributed by atoms with Gasteiger partial charge in [-0.2, -0.15) is 0 Å². The summed E-state index contributed by atoms with van der Waals surface area (Å²) in [6.07, 6.45) is 8.38. The number of carbonyl (C=O) groups is 1. The first-order chi connectivity index (χ1) is 7.79. The molecule has 3 nitrogen and oxygen atoms in total. The van der Waals surface area contributed by atoms with Crippen LogP contribution in [0.2, 0.25) is 0 Å². The number of nitrogens with one attached hydrogen (secondary N) is 2. The Morgan fingerprint density at radius 2 is 1.94 bits per heavy atom. The van der Waals surface area contributed by atoms with E-state index in [2.05, 4.69) is 17.6 Å². The molecule has 0 spiro atoms. The van der Waals surface area contributed by atoms with Gasteiger partial charge in [0.15, 0.2) is 0 Å². The van der Waals surface area contributed by atoms with Gasteiger partial charge in [-0.25, -0.2) is 0 Å². The molecule has 1 aliphatic heterocycles. The van der Waals surface area contributed by atoms with Crippen molar-refractivity contribution >= 4 is 18.3 Å². The predicted molar refractivity (Wildman–Crippen MR) is 72.5 cm³/mol. The summed E-state index contributed by atoms with van der Waals surface area (Å²) in [7, 11) is 0. The van der Waals surface area contributed by atoms with Crippen molar-refractivity contribution in [2.75, 3.05) is 6.54 Å². The minimum absolute atomic E-state index is 0. The van der Waals surface area contributed by atoms with Crippen LogP contribution in [-0.4, -0.2) is 24.5 Å². The van der Waals surface area contributed by atoms with Gasteiger partial charge in [0.1, 0.15) is 0 Å². The zero-order valence-electron chi connectivity index (χ0n) is 10.7. The van der Waals surface area contributed by atoms with Crippen molar-refractivity contribution < 1.29 is 4.79 Å². The van der Waals surface area contributed by atoms with Gasteiger partial charge in [-0.3, -0.25) is 4.79 Å². The summed E-state index contributed by atoms with van der Waals surface area (Å²) in [5.74, 6) is 1.13. The van der Waals surface area contributed by atoms with E-state index in [4.69, 9.17) is 0 Å². The van der Waals surface area contributed by atoms with Crippen LogP contribution in [0.5, 0.6) is 0 Å². The third kappa shape index (κ3) is 4.14. The van der Waals surface area contributed by atoms with E-state index in [0.717, 1.165) is 25.3 Å². The fraction of sp³-hybridized carbons (Fsp3) is 0.923. The third-order valence-electron chi connectivity index (χ3n) is 4.15. The average Bonchev–Trinajstić information content (AvgIpc) is 2.83. The molecule has 0 aromatic carbocycles. The van der Waals surface area contributed by atoms with Gasteiger partial charge in [0.25, 0.3) is 0 Å². The molecule has 0 radical (unpaired) electrons. The third-order valence-corrected chi connectivity index (χ3v) is 4.15. The van der Waals surface area contributed by atoms with Crippen molar-refractivity contribution in [2.24, 2.45) is 5.92 Å². The van der Waals surface area contributed by atoms with Crippen LogP contribution in [0.1, 0.15) is 51.9 Å². The molecule has 2 N–H and O–H groups in total. The second kappa shape index (κ2) is 7.22. The Morgan fingerprint density at radius 3 is 2.47 bits per heavy atom. The SMILES string of the molecule is CCC1CCC(NC(=O)[C@@H]2CCCN2)CC1.Cl. The lowest BCUT2D eigenvalue weighted by Gasteiger charge is -2.29. The fourth-order valence-corrected chi connectivity index (χ4v) is 2.93. The van der Waals surface area contributed by atoms with Crippen LogP contribution >= 0.6 is 12.4 Å². The lowest BCUT2D eigenvalue weighted by molar-refractivity contribution is -0.123. The van der Waals surface area contributed by atoms with Gasteiger partial charge in [-0.15, -0.1) is 12.4 Å². The summed E-state index contributed by atoms with van der Waals surface area (Å²) < 4.78 is 0. The van der Waals surface area contributed by atoms with Crippen molar-refractivity contribution in [3.05, 3.63) is 0 Å². The summed E-state index contributed by atoms with van der Waals surface area (Å²) in [6, 6.07) is 0.529. The normalized spacial score (nSPS) is 32.9. The number of carbonyl (C=O) groups excluding carboxylic acids is 1. The molecule has 2 fully saturated rings. The summed E-state index contributed by atoms with van der Waals surface area (Å²) in [6.45, 7) is 3.27. The smallest absolute Gasteiger partial charge is 0.237 e. The number of hydrogen-bond acceptors (Lipinski definition) is 2. The Kier molecular flexibility index (Phi) is 6.28. The molecule has 0 aromatic heterocycles. The zero-order valence-corrected chi connectivity index (χ0v) is 11.5. The quantitative estimate of drug-likeness (QED) is 0.817. The number of rotatable bonds is 3. The van der Waals surface area contributed by atoms with E-state index in [9.17, 15) is 4.79 Å². The maximum absolute atomic E-state index is 11.9. The average molecular weight is 261 g/mol. The summed E-state index contributed by atoms with van der Waals surface area (Å²) >= 11 is 0. The van der Waals surface area contributed by atoms with Gasteiger partial charge >= 0.3 is 0 Å². The van der Waals surface area contributed by atoms with Crippen molar-refractivity contribution in [1.29, 1.82) is 0 Å². The summed E-state index contributed by atoms with van der Waals surface area (Å²) in [5.41, 5.74) is 0. The van der Waals surface area contributed by atoms with Crippen molar-refractivity contribution in [1.82, 2.24) is 10.6 Å². The molecule has 100 valence electrons. The molecule has 1 heterocycles. The minimum atomic E-state index is 0. The van der Waals surface area contributed by atoms with Gasteiger partial charge < -0.3 is 10.6 Å². The molecule has 0 unspecified atom stereocenters. The second-order valence-electron chi connectivity index (χ2n) is 5.28. The first kappa shape index (κ1) is 14.8. The van der Waals surface area contributed by atoms with E-state index in [1.807, 2.05) is 0 Å². The first-order valence-electron chi connectivity index (χ1n) is 6.83. The molecule has 2 rings (SSSR count). The van der Waals surface area contributed by atoms with E-state index in [0.29, 0.717) is 6.04 Å². The second-order valence-corrected chi connectivity index (χ2v) is 5.28. The minimum Gasteiger partial charge on any atom is -0.352 e. The van der Waals surface area contributed by atoms with Crippen LogP contribution in [0.3, 0.4) is 0 Å². The molecule has 1 saturated heterocycles. The Bertz CT molecular complexity index is 234.